The molecule has 0 aliphatic heterocycles. The molecule has 0 amide bonds. The Balaban J connectivity index is 2.94. The van der Waals surface area contributed by atoms with Gasteiger partial charge in [-0.15, -0.1) is 12.5 Å². The Morgan fingerprint density at radius 1 is 1.47 bits per heavy atom. The predicted octanol–water partition coefficient (Wildman–Crippen LogP) is 3.81. The van der Waals surface area contributed by atoms with Crippen LogP contribution in [0.25, 0.3) is 0 Å². The molecule has 3 heteroatoms. The van der Waals surface area contributed by atoms with E-state index in [4.69, 9.17) is 11.6 Å². The largest absolute Gasteiger partial charge is 0.253 e. The second kappa shape index (κ2) is 6.64. The molecule has 0 aromatic heterocycles. The van der Waals surface area contributed by atoms with E-state index in [1.807, 2.05) is 6.92 Å². The molecule has 1 aromatic carbocycles. The Hall–Kier alpha value is -1.04. The molecule has 0 N–H and O–H groups in total. The maximum atomic E-state index is 12.3. The van der Waals surface area contributed by atoms with E-state index in [2.05, 4.69) is 18.4 Å². The van der Waals surface area contributed by atoms with Crippen LogP contribution in [-0.2, 0) is 10.8 Å². The smallest absolute Gasteiger partial charge is 0.104 e. The Bertz CT molecular complexity index is 479. The van der Waals surface area contributed by atoms with E-state index < -0.39 is 10.8 Å². The van der Waals surface area contributed by atoms with Gasteiger partial charge in [-0.25, -0.2) is 0 Å². The third-order valence-corrected chi connectivity index (χ3v) is 3.93. The molecule has 17 heavy (non-hydrogen) atoms. The third kappa shape index (κ3) is 4.38. The first-order valence-electron chi connectivity index (χ1n) is 5.27. The molecule has 0 bridgehead atoms. The van der Waals surface area contributed by atoms with Crippen molar-refractivity contribution in [1.82, 2.24) is 0 Å². The zero-order valence-corrected chi connectivity index (χ0v) is 11.6. The van der Waals surface area contributed by atoms with Crippen molar-refractivity contribution in [3.63, 3.8) is 0 Å². The van der Waals surface area contributed by atoms with E-state index in [0.717, 1.165) is 10.5 Å². The lowest BCUT2D eigenvalue weighted by Crippen LogP contribution is -2.13. The van der Waals surface area contributed by atoms with Crippen LogP contribution in [0.15, 0.2) is 41.3 Å². The second-order valence-corrected chi connectivity index (χ2v) is 5.87. The van der Waals surface area contributed by atoms with Crippen LogP contribution in [0.2, 0.25) is 5.02 Å². The Morgan fingerprint density at radius 2 is 2.06 bits per heavy atom. The maximum Gasteiger partial charge on any atom is 0.104 e. The third-order valence-electron chi connectivity index (χ3n) is 2.14. The Morgan fingerprint density at radius 3 is 2.53 bits per heavy atom. The van der Waals surface area contributed by atoms with Gasteiger partial charge in [0.1, 0.15) is 5.25 Å². The molecule has 0 aliphatic carbocycles. The van der Waals surface area contributed by atoms with Gasteiger partial charge in [-0.05, 0) is 44.5 Å². The second-order valence-electron chi connectivity index (χ2n) is 3.80. The minimum absolute atomic E-state index is 0.196. The Labute approximate surface area is 110 Å². The number of benzene rings is 1. The topological polar surface area (TPSA) is 17.1 Å². The van der Waals surface area contributed by atoms with Crippen LogP contribution >= 0.6 is 11.6 Å². The predicted molar refractivity (Wildman–Crippen MR) is 74.5 cm³/mol. The summed E-state index contributed by atoms with van der Waals surface area (Å²) < 4.78 is 12.3. The van der Waals surface area contributed by atoms with E-state index in [1.165, 1.54) is 0 Å². The summed E-state index contributed by atoms with van der Waals surface area (Å²) in [6.45, 7) is 7.52. The highest BCUT2D eigenvalue weighted by Gasteiger charge is 2.16. The van der Waals surface area contributed by atoms with Gasteiger partial charge in [-0.1, -0.05) is 23.1 Å². The fourth-order valence-corrected chi connectivity index (χ4v) is 2.91. The number of rotatable bonds is 4. The number of allylic oxidation sites excluding steroid dienone is 1. The molecule has 2 unspecified atom stereocenters. The number of hydrogen-bond donors (Lipinski definition) is 0. The summed E-state index contributed by atoms with van der Waals surface area (Å²) in [5.41, 5.74) is 0.986. The summed E-state index contributed by atoms with van der Waals surface area (Å²) in [4.78, 5) is 0.753. The monoisotopic (exact) mass is 266 g/mol. The maximum absolute atomic E-state index is 12.3. The van der Waals surface area contributed by atoms with Crippen molar-refractivity contribution in [1.29, 1.82) is 0 Å². The summed E-state index contributed by atoms with van der Waals surface area (Å²) >= 11 is 5.80. The highest BCUT2D eigenvalue weighted by Crippen LogP contribution is 2.18. The number of halogens is 1. The minimum Gasteiger partial charge on any atom is -0.253 e. The minimum atomic E-state index is -1.14. The molecule has 0 spiro atoms. The van der Waals surface area contributed by atoms with Crippen molar-refractivity contribution in [3.05, 3.63) is 41.4 Å². The fourth-order valence-electron chi connectivity index (χ4n) is 1.39. The molecule has 0 heterocycles. The SMILES string of the molecule is C=C(C)CC(C#CC)S(=O)c1ccc(Cl)cc1. The van der Waals surface area contributed by atoms with Crippen LogP contribution in [0.3, 0.4) is 0 Å². The molecule has 90 valence electrons. The van der Waals surface area contributed by atoms with Crippen molar-refractivity contribution in [2.75, 3.05) is 0 Å². The van der Waals surface area contributed by atoms with Gasteiger partial charge < -0.3 is 0 Å². The summed E-state index contributed by atoms with van der Waals surface area (Å²) in [7, 11) is -1.14. The van der Waals surface area contributed by atoms with E-state index >= 15 is 0 Å². The lowest BCUT2D eigenvalue weighted by Gasteiger charge is -2.10. The quantitative estimate of drug-likeness (QED) is 0.598. The summed E-state index contributed by atoms with van der Waals surface area (Å²) in [5, 5.41) is 0.447. The summed E-state index contributed by atoms with van der Waals surface area (Å²) in [6.07, 6.45) is 0.649. The van der Waals surface area contributed by atoms with Crippen molar-refractivity contribution < 1.29 is 4.21 Å². The van der Waals surface area contributed by atoms with Gasteiger partial charge in [-0.3, -0.25) is 4.21 Å². The first-order valence-corrected chi connectivity index (χ1v) is 6.86. The zero-order valence-electron chi connectivity index (χ0n) is 10.00. The zero-order chi connectivity index (χ0) is 12.8. The Kier molecular flexibility index (Phi) is 5.47. The fraction of sp³-hybridized carbons (Fsp3) is 0.286. The molecule has 2 atom stereocenters. The van der Waals surface area contributed by atoms with Crippen molar-refractivity contribution >= 4 is 22.4 Å². The lowest BCUT2D eigenvalue weighted by atomic mass is 10.2. The highest BCUT2D eigenvalue weighted by molar-refractivity contribution is 7.86. The van der Waals surface area contributed by atoms with Gasteiger partial charge >= 0.3 is 0 Å². The van der Waals surface area contributed by atoms with Crippen molar-refractivity contribution in [3.8, 4) is 11.8 Å². The van der Waals surface area contributed by atoms with E-state index in [9.17, 15) is 4.21 Å². The molecule has 0 aliphatic rings. The molecular weight excluding hydrogens is 252 g/mol. The summed E-state index contributed by atoms with van der Waals surface area (Å²) in [5.74, 6) is 5.81. The van der Waals surface area contributed by atoms with Gasteiger partial charge in [-0.2, -0.15) is 0 Å². The summed E-state index contributed by atoms with van der Waals surface area (Å²) in [6, 6.07) is 7.04. The average molecular weight is 267 g/mol. The van der Waals surface area contributed by atoms with Crippen LogP contribution < -0.4 is 0 Å². The number of hydrogen-bond acceptors (Lipinski definition) is 1. The molecule has 1 rings (SSSR count). The van der Waals surface area contributed by atoms with Crippen molar-refractivity contribution in [2.24, 2.45) is 0 Å². The molecule has 1 nitrogen and oxygen atoms in total. The van der Waals surface area contributed by atoms with Crippen LogP contribution in [0, 0.1) is 11.8 Å². The van der Waals surface area contributed by atoms with Crippen molar-refractivity contribution in [2.45, 2.75) is 30.4 Å². The van der Waals surface area contributed by atoms with Crippen LogP contribution in [0.5, 0.6) is 0 Å². The van der Waals surface area contributed by atoms with Gasteiger partial charge in [0.05, 0.1) is 10.8 Å². The van der Waals surface area contributed by atoms with Gasteiger partial charge in [0.2, 0.25) is 0 Å². The van der Waals surface area contributed by atoms with Crippen LogP contribution in [-0.4, -0.2) is 9.46 Å². The molecule has 1 aromatic rings. The van der Waals surface area contributed by atoms with E-state index in [-0.39, 0.29) is 5.25 Å². The van der Waals surface area contributed by atoms with E-state index in [0.29, 0.717) is 11.4 Å². The lowest BCUT2D eigenvalue weighted by molar-refractivity contribution is 0.677. The first-order chi connectivity index (χ1) is 8.04. The van der Waals surface area contributed by atoms with Gasteiger partial charge in [0.25, 0.3) is 0 Å². The molecule has 0 radical (unpaired) electrons. The standard InChI is InChI=1S/C14H15ClOS/c1-4-5-14(10-11(2)3)17(16)13-8-6-12(15)7-9-13/h6-9,14H,2,10H2,1,3H3. The van der Waals surface area contributed by atoms with Gasteiger partial charge in [0.15, 0.2) is 0 Å². The van der Waals surface area contributed by atoms with E-state index in [1.54, 1.807) is 31.2 Å². The van der Waals surface area contributed by atoms with Crippen LogP contribution in [0.4, 0.5) is 0 Å². The molecule has 0 fully saturated rings. The first kappa shape index (κ1) is 14.0. The normalized spacial score (nSPS) is 13.4. The molecule has 0 saturated carbocycles. The van der Waals surface area contributed by atoms with Gasteiger partial charge in [0, 0.05) is 9.92 Å². The average Bonchev–Trinajstić information content (AvgIpc) is 2.28. The highest BCUT2D eigenvalue weighted by atomic mass is 35.5. The molecule has 0 saturated heterocycles. The molecular formula is C14H15ClOS. The van der Waals surface area contributed by atoms with Crippen LogP contribution in [0.1, 0.15) is 20.3 Å².